The quantitative estimate of drug-likeness (QED) is 0.574. The Kier molecular flexibility index (Phi) is 7.61. The number of rotatable bonds is 8. The standard InChI is InChI=1S/C22H32N2O6S2/c1-21(2,3)30-20(25)8-10-22(4,26)9-7-19-23-17-6-5-16(15-18(17)31-19)32(27,28)24-11-13-29-14-12-24/h5-6,15,26H,7-14H2,1-4H3. The second-order valence-corrected chi connectivity index (χ2v) is 12.4. The van der Waals surface area contributed by atoms with Crippen LogP contribution in [0.2, 0.25) is 0 Å². The van der Waals surface area contributed by atoms with Gasteiger partial charge in [-0.3, -0.25) is 4.79 Å². The summed E-state index contributed by atoms with van der Waals surface area (Å²) in [6, 6.07) is 4.98. The molecule has 0 saturated carbocycles. The first-order chi connectivity index (χ1) is 14.9. The summed E-state index contributed by atoms with van der Waals surface area (Å²) in [5.41, 5.74) is -0.836. The highest BCUT2D eigenvalue weighted by Crippen LogP contribution is 2.29. The van der Waals surface area contributed by atoms with Gasteiger partial charge in [-0.05, 0) is 58.7 Å². The number of ether oxygens (including phenoxy) is 2. The fraction of sp³-hybridized carbons (Fsp3) is 0.636. The summed E-state index contributed by atoms with van der Waals surface area (Å²) in [5, 5.41) is 11.5. The van der Waals surface area contributed by atoms with Crippen molar-refractivity contribution in [2.24, 2.45) is 0 Å². The van der Waals surface area contributed by atoms with Gasteiger partial charge in [-0.2, -0.15) is 4.31 Å². The van der Waals surface area contributed by atoms with Gasteiger partial charge in [-0.25, -0.2) is 13.4 Å². The SMILES string of the molecule is CC(O)(CCC(=O)OC(C)(C)C)CCc1nc2ccc(S(=O)(=O)N3CCOCC3)cc2s1. The van der Waals surface area contributed by atoms with Crippen LogP contribution in [0.1, 0.15) is 52.0 Å². The molecule has 1 fully saturated rings. The van der Waals surface area contributed by atoms with Crippen LogP contribution >= 0.6 is 11.3 Å². The third-order valence-corrected chi connectivity index (χ3v) is 8.15. The van der Waals surface area contributed by atoms with Crippen LogP contribution in [0.3, 0.4) is 0 Å². The topological polar surface area (TPSA) is 106 Å². The average Bonchev–Trinajstić information content (AvgIpc) is 3.13. The third kappa shape index (κ3) is 6.71. The third-order valence-electron chi connectivity index (χ3n) is 5.18. The van der Waals surface area contributed by atoms with Gasteiger partial charge in [0.2, 0.25) is 10.0 Å². The van der Waals surface area contributed by atoms with E-state index < -0.39 is 21.2 Å². The van der Waals surface area contributed by atoms with E-state index in [0.29, 0.717) is 45.6 Å². The van der Waals surface area contributed by atoms with Gasteiger partial charge in [-0.15, -0.1) is 11.3 Å². The maximum absolute atomic E-state index is 12.9. The molecule has 2 aromatic rings. The first-order valence-electron chi connectivity index (χ1n) is 10.8. The zero-order valence-electron chi connectivity index (χ0n) is 19.1. The van der Waals surface area contributed by atoms with Crippen LogP contribution in [0.15, 0.2) is 23.1 Å². The van der Waals surface area contributed by atoms with E-state index in [0.717, 1.165) is 15.2 Å². The van der Waals surface area contributed by atoms with Crippen molar-refractivity contribution >= 4 is 37.5 Å². The molecule has 1 aliphatic heterocycles. The van der Waals surface area contributed by atoms with Crippen LogP contribution in [0.25, 0.3) is 10.2 Å². The zero-order chi connectivity index (χ0) is 23.6. The molecule has 1 aliphatic rings. The van der Waals surface area contributed by atoms with E-state index in [1.54, 1.807) is 25.1 Å². The first-order valence-corrected chi connectivity index (χ1v) is 13.0. The average molecular weight is 485 g/mol. The van der Waals surface area contributed by atoms with Crippen LogP contribution in [0, 0.1) is 0 Å². The molecular weight excluding hydrogens is 452 g/mol. The van der Waals surface area contributed by atoms with Gasteiger partial charge in [0.25, 0.3) is 0 Å². The van der Waals surface area contributed by atoms with Crippen LogP contribution in [0.5, 0.6) is 0 Å². The van der Waals surface area contributed by atoms with E-state index in [9.17, 15) is 18.3 Å². The minimum absolute atomic E-state index is 0.146. The largest absolute Gasteiger partial charge is 0.460 e. The number of morpholine rings is 1. The highest BCUT2D eigenvalue weighted by molar-refractivity contribution is 7.89. The van der Waals surface area contributed by atoms with Crippen LogP contribution in [-0.2, 0) is 30.7 Å². The fourth-order valence-electron chi connectivity index (χ4n) is 3.42. The summed E-state index contributed by atoms with van der Waals surface area (Å²) in [4.78, 5) is 16.8. The van der Waals surface area contributed by atoms with E-state index in [1.165, 1.54) is 15.6 Å². The van der Waals surface area contributed by atoms with Crippen LogP contribution in [-0.4, -0.2) is 66.3 Å². The Balaban J connectivity index is 1.63. The summed E-state index contributed by atoms with van der Waals surface area (Å²) < 4.78 is 38.6. The van der Waals surface area contributed by atoms with Gasteiger partial charge in [-0.1, -0.05) is 0 Å². The maximum atomic E-state index is 12.9. The number of fused-ring (bicyclic) bond motifs is 1. The molecule has 1 unspecified atom stereocenters. The molecular formula is C22H32N2O6S2. The molecule has 32 heavy (non-hydrogen) atoms. The number of hydrogen-bond acceptors (Lipinski definition) is 8. The predicted octanol–water partition coefficient (Wildman–Crippen LogP) is 3.12. The number of aromatic nitrogens is 1. The second kappa shape index (κ2) is 9.72. The highest BCUT2D eigenvalue weighted by Gasteiger charge is 2.27. The van der Waals surface area contributed by atoms with Gasteiger partial charge >= 0.3 is 5.97 Å². The van der Waals surface area contributed by atoms with Crippen molar-refractivity contribution < 1.29 is 27.8 Å². The second-order valence-electron chi connectivity index (χ2n) is 9.34. The van der Waals surface area contributed by atoms with Crippen molar-refractivity contribution in [3.05, 3.63) is 23.2 Å². The van der Waals surface area contributed by atoms with Gasteiger partial charge in [0.15, 0.2) is 0 Å². The number of aliphatic hydroxyl groups is 1. The first kappa shape index (κ1) is 25.0. The normalized spacial score (nSPS) is 17.9. The molecule has 3 rings (SSSR count). The molecule has 178 valence electrons. The number of nitrogens with zero attached hydrogens (tertiary/aromatic N) is 2. The van der Waals surface area contributed by atoms with Crippen LogP contribution in [0.4, 0.5) is 0 Å². The number of thiazole rings is 1. The zero-order valence-corrected chi connectivity index (χ0v) is 20.7. The number of esters is 1. The number of aryl methyl sites for hydroxylation is 1. The molecule has 8 nitrogen and oxygen atoms in total. The van der Waals surface area contributed by atoms with E-state index in [-0.39, 0.29) is 17.3 Å². The number of sulfonamides is 1. The monoisotopic (exact) mass is 484 g/mol. The summed E-state index contributed by atoms with van der Waals surface area (Å²) in [6.07, 6.45) is 1.42. The predicted molar refractivity (Wildman–Crippen MR) is 123 cm³/mol. The summed E-state index contributed by atoms with van der Waals surface area (Å²) in [7, 11) is -3.56. The summed E-state index contributed by atoms with van der Waals surface area (Å²) in [6.45, 7) is 8.66. The van der Waals surface area contributed by atoms with E-state index in [2.05, 4.69) is 4.98 Å². The minimum atomic E-state index is -3.56. The number of carbonyl (C=O) groups is 1. The van der Waals surface area contributed by atoms with Crippen molar-refractivity contribution in [2.45, 2.75) is 69.5 Å². The van der Waals surface area contributed by atoms with Crippen LogP contribution < -0.4 is 0 Å². The Morgan fingerprint density at radius 3 is 2.56 bits per heavy atom. The maximum Gasteiger partial charge on any atom is 0.306 e. The van der Waals surface area contributed by atoms with E-state index >= 15 is 0 Å². The highest BCUT2D eigenvalue weighted by atomic mass is 32.2. The molecule has 2 heterocycles. The van der Waals surface area contributed by atoms with E-state index in [1.807, 2.05) is 20.8 Å². The lowest BCUT2D eigenvalue weighted by atomic mass is 9.94. The number of benzene rings is 1. The number of carbonyl (C=O) groups excluding carboxylic acids is 1. The Hall–Kier alpha value is -1.59. The van der Waals surface area contributed by atoms with Crippen molar-refractivity contribution in [2.75, 3.05) is 26.3 Å². The smallest absolute Gasteiger partial charge is 0.306 e. The Morgan fingerprint density at radius 2 is 1.91 bits per heavy atom. The number of hydrogen-bond donors (Lipinski definition) is 1. The van der Waals surface area contributed by atoms with Crippen molar-refractivity contribution in [1.29, 1.82) is 0 Å². The van der Waals surface area contributed by atoms with Gasteiger partial charge in [0.05, 0.1) is 38.9 Å². The summed E-state index contributed by atoms with van der Waals surface area (Å²) >= 11 is 1.43. The van der Waals surface area contributed by atoms with Gasteiger partial charge in [0, 0.05) is 25.9 Å². The van der Waals surface area contributed by atoms with Gasteiger partial charge in [0.1, 0.15) is 5.60 Å². The molecule has 10 heteroatoms. The van der Waals surface area contributed by atoms with Crippen molar-refractivity contribution in [3.8, 4) is 0 Å². The molecule has 0 radical (unpaired) electrons. The van der Waals surface area contributed by atoms with Crippen molar-refractivity contribution in [1.82, 2.24) is 9.29 Å². The summed E-state index contributed by atoms with van der Waals surface area (Å²) in [5.74, 6) is -0.327. The molecule has 1 aromatic carbocycles. The fourth-order valence-corrected chi connectivity index (χ4v) is 5.94. The lowest BCUT2D eigenvalue weighted by Crippen LogP contribution is -2.40. The molecule has 0 aliphatic carbocycles. The molecule has 1 saturated heterocycles. The molecule has 1 aromatic heterocycles. The lowest BCUT2D eigenvalue weighted by Gasteiger charge is -2.25. The van der Waals surface area contributed by atoms with E-state index in [4.69, 9.17) is 9.47 Å². The minimum Gasteiger partial charge on any atom is -0.460 e. The molecule has 0 spiro atoms. The lowest BCUT2D eigenvalue weighted by molar-refractivity contribution is -0.156. The Labute approximate surface area is 193 Å². The Morgan fingerprint density at radius 1 is 1.22 bits per heavy atom. The van der Waals surface area contributed by atoms with Gasteiger partial charge < -0.3 is 14.6 Å². The molecule has 1 atom stereocenters. The molecule has 0 amide bonds. The molecule has 1 N–H and O–H groups in total. The van der Waals surface area contributed by atoms with Crippen molar-refractivity contribution in [3.63, 3.8) is 0 Å². The molecule has 0 bridgehead atoms. The Bertz CT molecular complexity index is 1050.